The molecule has 2 aromatic rings. The fraction of sp³-hybridized carbons (Fsp3) is 0.375. The molecule has 0 aliphatic carbocycles. The molecule has 9 nitrogen and oxygen atoms in total. The van der Waals surface area contributed by atoms with Gasteiger partial charge in [0.1, 0.15) is 12.4 Å². The summed E-state index contributed by atoms with van der Waals surface area (Å²) in [5, 5.41) is 12.1. The second-order valence-electron chi connectivity index (χ2n) is 5.95. The molecule has 10 heteroatoms. The first-order valence-electron chi connectivity index (χ1n) is 8.25. The van der Waals surface area contributed by atoms with E-state index >= 15 is 0 Å². The summed E-state index contributed by atoms with van der Waals surface area (Å²) < 4.78 is 0. The van der Waals surface area contributed by atoms with Gasteiger partial charge in [0.15, 0.2) is 0 Å². The van der Waals surface area contributed by atoms with Gasteiger partial charge in [-0.2, -0.15) is 10.1 Å². The minimum atomic E-state index is -0.693. The van der Waals surface area contributed by atoms with E-state index in [1.54, 1.807) is 11.8 Å². The summed E-state index contributed by atoms with van der Waals surface area (Å²) >= 11 is 5.91. The van der Waals surface area contributed by atoms with Crippen molar-refractivity contribution < 1.29 is 9.59 Å². The molecule has 1 aliphatic heterocycles. The third kappa shape index (κ3) is 4.42. The lowest BCUT2D eigenvalue weighted by Gasteiger charge is -2.36. The van der Waals surface area contributed by atoms with Crippen LogP contribution in [0.1, 0.15) is 6.92 Å². The Morgan fingerprint density at radius 2 is 1.88 bits per heavy atom. The van der Waals surface area contributed by atoms with Crippen LogP contribution in [-0.4, -0.2) is 64.2 Å². The smallest absolute Gasteiger partial charge is 0.318 e. The molecular formula is C16H20ClN7O2. The van der Waals surface area contributed by atoms with Crippen molar-refractivity contribution in [1.29, 1.82) is 0 Å². The maximum Gasteiger partial charge on any atom is 0.318 e. The van der Waals surface area contributed by atoms with E-state index in [0.717, 1.165) is 5.69 Å². The molecule has 0 unspecified atom stereocenters. The second-order valence-corrected chi connectivity index (χ2v) is 6.38. The highest BCUT2D eigenvalue weighted by atomic mass is 35.5. The van der Waals surface area contributed by atoms with Crippen molar-refractivity contribution in [2.45, 2.75) is 13.0 Å². The molecule has 3 N–H and O–H groups in total. The number of hydrogen-bond acceptors (Lipinski definition) is 5. The average molecular weight is 378 g/mol. The highest BCUT2D eigenvalue weighted by Crippen LogP contribution is 2.19. The molecule has 1 saturated heterocycles. The number of hydrogen-bond donors (Lipinski definition) is 3. The van der Waals surface area contributed by atoms with Gasteiger partial charge in [0.2, 0.25) is 11.9 Å². The van der Waals surface area contributed by atoms with Crippen molar-refractivity contribution in [3.05, 3.63) is 35.6 Å². The number of amides is 3. The molecule has 0 saturated carbocycles. The van der Waals surface area contributed by atoms with E-state index in [1.165, 1.54) is 6.33 Å². The summed E-state index contributed by atoms with van der Waals surface area (Å²) in [7, 11) is 0. The highest BCUT2D eigenvalue weighted by Gasteiger charge is 2.24. The van der Waals surface area contributed by atoms with Crippen LogP contribution >= 0.6 is 11.6 Å². The number of aromatic nitrogens is 3. The monoisotopic (exact) mass is 377 g/mol. The van der Waals surface area contributed by atoms with Gasteiger partial charge in [-0.3, -0.25) is 10.1 Å². The molecule has 26 heavy (non-hydrogen) atoms. The Hall–Kier alpha value is -2.81. The van der Waals surface area contributed by atoms with Gasteiger partial charge in [0.05, 0.1) is 0 Å². The number of anilines is 2. The van der Waals surface area contributed by atoms with Crippen LogP contribution in [0.2, 0.25) is 5.02 Å². The predicted octanol–water partition coefficient (Wildman–Crippen LogP) is 1.32. The Bertz CT molecular complexity index is 742. The van der Waals surface area contributed by atoms with Crippen LogP contribution in [0.5, 0.6) is 0 Å². The first-order valence-corrected chi connectivity index (χ1v) is 8.63. The molecular weight excluding hydrogens is 358 g/mol. The SMILES string of the molecule is C[C@H](NC(=O)N1CCN(c2ccc(Cl)cc2)CC1)C(=O)Nc1ncn[nH]1. The van der Waals surface area contributed by atoms with Crippen molar-refractivity contribution in [2.24, 2.45) is 0 Å². The van der Waals surface area contributed by atoms with Crippen LogP contribution in [0, 0.1) is 0 Å². The van der Waals surface area contributed by atoms with Crippen LogP contribution in [0.3, 0.4) is 0 Å². The maximum atomic E-state index is 12.4. The number of H-pyrrole nitrogens is 1. The van der Waals surface area contributed by atoms with Crippen LogP contribution < -0.4 is 15.5 Å². The van der Waals surface area contributed by atoms with Crippen LogP contribution in [0.4, 0.5) is 16.4 Å². The van der Waals surface area contributed by atoms with Crippen LogP contribution in [0.25, 0.3) is 0 Å². The molecule has 1 aromatic carbocycles. The Balaban J connectivity index is 1.47. The molecule has 2 heterocycles. The number of benzene rings is 1. The second kappa shape index (κ2) is 8.05. The topological polar surface area (TPSA) is 106 Å². The molecule has 1 aliphatic rings. The van der Waals surface area contributed by atoms with Gasteiger partial charge in [-0.25, -0.2) is 9.89 Å². The number of halogens is 1. The third-order valence-corrected chi connectivity index (χ3v) is 4.40. The maximum absolute atomic E-state index is 12.4. The zero-order chi connectivity index (χ0) is 18.5. The van der Waals surface area contributed by atoms with Crippen molar-refractivity contribution in [3.63, 3.8) is 0 Å². The summed E-state index contributed by atoms with van der Waals surface area (Å²) in [5.74, 6) is -0.123. The van der Waals surface area contributed by atoms with Crippen LogP contribution in [0.15, 0.2) is 30.6 Å². The van der Waals surface area contributed by atoms with Gasteiger partial charge in [-0.1, -0.05) is 11.6 Å². The number of carbonyl (C=O) groups excluding carboxylic acids is 2. The Labute approximate surface area is 155 Å². The number of nitrogens with one attached hydrogen (secondary N) is 3. The van der Waals surface area contributed by atoms with E-state index in [-0.39, 0.29) is 17.9 Å². The molecule has 0 radical (unpaired) electrons. The summed E-state index contributed by atoms with van der Waals surface area (Å²) in [6, 6.07) is 6.68. The summed E-state index contributed by atoms with van der Waals surface area (Å²) in [6.45, 7) is 4.20. The lowest BCUT2D eigenvalue weighted by molar-refractivity contribution is -0.117. The first-order chi connectivity index (χ1) is 12.5. The van der Waals surface area contributed by atoms with E-state index in [1.807, 2.05) is 24.3 Å². The first kappa shape index (κ1) is 18.0. The lowest BCUT2D eigenvalue weighted by atomic mass is 10.2. The standard InChI is InChI=1S/C16H20ClN7O2/c1-11(14(25)21-15-18-10-19-22-15)20-16(26)24-8-6-23(7-9-24)13-4-2-12(17)3-5-13/h2-5,10-11H,6-9H2,1H3,(H,20,26)(H2,18,19,21,22,25)/t11-/m0/s1. The minimum absolute atomic E-state index is 0.243. The van der Waals surface area contributed by atoms with Gasteiger partial charge in [-0.15, -0.1) is 0 Å². The largest absolute Gasteiger partial charge is 0.368 e. The average Bonchev–Trinajstić information content (AvgIpc) is 3.15. The molecule has 3 amide bonds. The van der Waals surface area contributed by atoms with E-state index in [0.29, 0.717) is 31.2 Å². The zero-order valence-corrected chi connectivity index (χ0v) is 15.0. The number of urea groups is 1. The number of aromatic amines is 1. The van der Waals surface area contributed by atoms with Gasteiger partial charge in [0, 0.05) is 36.9 Å². The fourth-order valence-electron chi connectivity index (χ4n) is 2.65. The van der Waals surface area contributed by atoms with Gasteiger partial charge in [0.25, 0.3) is 0 Å². The van der Waals surface area contributed by atoms with Crippen molar-refractivity contribution in [2.75, 3.05) is 36.4 Å². The van der Waals surface area contributed by atoms with Crippen molar-refractivity contribution in [3.8, 4) is 0 Å². The number of nitrogens with zero attached hydrogens (tertiary/aromatic N) is 4. The van der Waals surface area contributed by atoms with E-state index in [9.17, 15) is 9.59 Å². The summed E-state index contributed by atoms with van der Waals surface area (Å²) in [4.78, 5) is 32.1. The fourth-order valence-corrected chi connectivity index (χ4v) is 2.78. The molecule has 3 rings (SSSR count). The number of rotatable bonds is 4. The lowest BCUT2D eigenvalue weighted by Crippen LogP contribution is -2.54. The number of piperazine rings is 1. The molecule has 1 aromatic heterocycles. The normalized spacial score (nSPS) is 15.5. The third-order valence-electron chi connectivity index (χ3n) is 4.15. The van der Waals surface area contributed by atoms with Gasteiger partial charge in [-0.05, 0) is 31.2 Å². The highest BCUT2D eigenvalue weighted by molar-refractivity contribution is 6.30. The Kier molecular flexibility index (Phi) is 5.57. The molecule has 0 bridgehead atoms. The van der Waals surface area contributed by atoms with Gasteiger partial charge >= 0.3 is 6.03 Å². The van der Waals surface area contributed by atoms with Crippen molar-refractivity contribution in [1.82, 2.24) is 25.4 Å². The summed E-state index contributed by atoms with van der Waals surface area (Å²) in [6.07, 6.45) is 1.29. The van der Waals surface area contributed by atoms with Crippen LogP contribution in [-0.2, 0) is 4.79 Å². The quantitative estimate of drug-likeness (QED) is 0.745. The Morgan fingerprint density at radius 1 is 1.19 bits per heavy atom. The van der Waals surface area contributed by atoms with E-state index < -0.39 is 6.04 Å². The molecule has 138 valence electrons. The van der Waals surface area contributed by atoms with Crippen molar-refractivity contribution >= 4 is 35.2 Å². The predicted molar refractivity (Wildman–Crippen MR) is 98.2 cm³/mol. The molecule has 0 spiro atoms. The Morgan fingerprint density at radius 3 is 2.50 bits per heavy atom. The van der Waals surface area contributed by atoms with E-state index in [4.69, 9.17) is 11.6 Å². The summed E-state index contributed by atoms with van der Waals surface area (Å²) in [5.41, 5.74) is 1.08. The molecule has 1 fully saturated rings. The van der Waals surface area contributed by atoms with E-state index in [2.05, 4.69) is 30.7 Å². The number of carbonyl (C=O) groups is 2. The molecule has 1 atom stereocenters. The minimum Gasteiger partial charge on any atom is -0.368 e. The van der Waals surface area contributed by atoms with Gasteiger partial charge < -0.3 is 15.1 Å². The zero-order valence-electron chi connectivity index (χ0n) is 14.3.